The highest BCUT2D eigenvalue weighted by atomic mass is 15.2. The van der Waals surface area contributed by atoms with Crippen LogP contribution in [0.5, 0.6) is 0 Å². The van der Waals surface area contributed by atoms with Crippen LogP contribution in [0.3, 0.4) is 0 Å². The van der Waals surface area contributed by atoms with E-state index < -0.39 is 0 Å². The lowest BCUT2D eigenvalue weighted by Crippen LogP contribution is -2.52. The summed E-state index contributed by atoms with van der Waals surface area (Å²) in [5, 5.41) is 0. The third kappa shape index (κ3) is 2.53. The molecule has 2 nitrogen and oxygen atoms in total. The Labute approximate surface area is 104 Å². The highest BCUT2D eigenvalue weighted by Gasteiger charge is 2.40. The van der Waals surface area contributed by atoms with Crippen LogP contribution in [0.15, 0.2) is 30.3 Å². The van der Waals surface area contributed by atoms with Gasteiger partial charge < -0.3 is 5.73 Å². The van der Waals surface area contributed by atoms with Gasteiger partial charge in [-0.2, -0.15) is 0 Å². The van der Waals surface area contributed by atoms with Gasteiger partial charge in [-0.25, -0.2) is 0 Å². The summed E-state index contributed by atoms with van der Waals surface area (Å²) < 4.78 is 0. The maximum atomic E-state index is 6.32. The number of nitrogens with two attached hydrogens (primary N) is 1. The van der Waals surface area contributed by atoms with Crippen molar-refractivity contribution in [2.45, 2.75) is 44.3 Å². The Morgan fingerprint density at radius 1 is 1.12 bits per heavy atom. The molecule has 0 spiro atoms. The van der Waals surface area contributed by atoms with Gasteiger partial charge in [0.1, 0.15) is 0 Å². The first-order chi connectivity index (χ1) is 8.34. The molecule has 1 aliphatic carbocycles. The van der Waals surface area contributed by atoms with Crippen LogP contribution in [0, 0.1) is 5.92 Å². The summed E-state index contributed by atoms with van der Waals surface area (Å²) in [6.07, 6.45) is 5.26. The normalized spacial score (nSPS) is 30.4. The van der Waals surface area contributed by atoms with Crippen molar-refractivity contribution < 1.29 is 0 Å². The van der Waals surface area contributed by atoms with Crippen molar-refractivity contribution in [3.8, 4) is 0 Å². The molecule has 2 fully saturated rings. The first kappa shape index (κ1) is 11.2. The van der Waals surface area contributed by atoms with E-state index in [1.54, 1.807) is 0 Å². The van der Waals surface area contributed by atoms with Gasteiger partial charge in [-0.05, 0) is 43.7 Å². The Kier molecular flexibility index (Phi) is 3.17. The van der Waals surface area contributed by atoms with Gasteiger partial charge >= 0.3 is 0 Å². The van der Waals surface area contributed by atoms with Crippen LogP contribution in [0.25, 0.3) is 0 Å². The molecule has 3 rings (SSSR count). The second-order valence-corrected chi connectivity index (χ2v) is 5.59. The molecule has 1 aliphatic heterocycles. The maximum absolute atomic E-state index is 6.32. The smallest absolute Gasteiger partial charge is 0.0278 e. The quantitative estimate of drug-likeness (QED) is 0.864. The third-order valence-corrected chi connectivity index (χ3v) is 4.18. The SMILES string of the molecule is NC1CCCN(Cc2ccccc2)C1C1CC1. The average Bonchev–Trinajstić information content (AvgIpc) is 3.15. The van der Waals surface area contributed by atoms with E-state index >= 15 is 0 Å². The molecular weight excluding hydrogens is 208 g/mol. The van der Waals surface area contributed by atoms with Crippen molar-refractivity contribution in [1.29, 1.82) is 0 Å². The molecule has 2 atom stereocenters. The van der Waals surface area contributed by atoms with Gasteiger partial charge in [0.05, 0.1) is 0 Å². The minimum Gasteiger partial charge on any atom is -0.326 e. The van der Waals surface area contributed by atoms with Crippen LogP contribution in [-0.2, 0) is 6.54 Å². The molecule has 2 heteroatoms. The van der Waals surface area contributed by atoms with E-state index in [0.29, 0.717) is 12.1 Å². The van der Waals surface area contributed by atoms with Gasteiger partial charge in [-0.3, -0.25) is 4.90 Å². The van der Waals surface area contributed by atoms with Crippen molar-refractivity contribution in [3.05, 3.63) is 35.9 Å². The van der Waals surface area contributed by atoms with Crippen LogP contribution in [0.1, 0.15) is 31.2 Å². The summed E-state index contributed by atoms with van der Waals surface area (Å²) in [5.41, 5.74) is 7.75. The Hall–Kier alpha value is -0.860. The lowest BCUT2D eigenvalue weighted by molar-refractivity contribution is 0.104. The average molecular weight is 230 g/mol. The Bertz CT molecular complexity index is 358. The van der Waals surface area contributed by atoms with Gasteiger partial charge in [0, 0.05) is 18.6 Å². The minimum absolute atomic E-state index is 0.403. The molecule has 0 amide bonds. The van der Waals surface area contributed by atoms with Crippen LogP contribution in [-0.4, -0.2) is 23.5 Å². The molecule has 2 N–H and O–H groups in total. The molecule has 2 unspecified atom stereocenters. The second kappa shape index (κ2) is 4.79. The number of piperidine rings is 1. The van der Waals surface area contributed by atoms with E-state index in [9.17, 15) is 0 Å². The summed E-state index contributed by atoms with van der Waals surface area (Å²) in [5.74, 6) is 0.883. The standard InChI is InChI=1S/C15H22N2/c16-14-7-4-10-17(15(14)13-8-9-13)11-12-5-2-1-3-6-12/h1-3,5-6,13-15H,4,7-11,16H2. The maximum Gasteiger partial charge on any atom is 0.0278 e. The number of hydrogen-bond acceptors (Lipinski definition) is 2. The fraction of sp³-hybridized carbons (Fsp3) is 0.600. The minimum atomic E-state index is 0.403. The van der Waals surface area contributed by atoms with Crippen LogP contribution < -0.4 is 5.73 Å². The van der Waals surface area contributed by atoms with Gasteiger partial charge in [0.15, 0.2) is 0 Å². The van der Waals surface area contributed by atoms with Crippen LogP contribution >= 0.6 is 0 Å². The monoisotopic (exact) mass is 230 g/mol. The Morgan fingerprint density at radius 3 is 2.59 bits per heavy atom. The summed E-state index contributed by atoms with van der Waals surface area (Å²) in [4.78, 5) is 2.63. The second-order valence-electron chi connectivity index (χ2n) is 5.59. The largest absolute Gasteiger partial charge is 0.326 e. The first-order valence-electron chi connectivity index (χ1n) is 6.88. The predicted molar refractivity (Wildman–Crippen MR) is 70.6 cm³/mol. The van der Waals surface area contributed by atoms with Crippen molar-refractivity contribution >= 4 is 0 Å². The number of rotatable bonds is 3. The van der Waals surface area contributed by atoms with Crippen LogP contribution in [0.4, 0.5) is 0 Å². The number of nitrogens with zero attached hydrogens (tertiary/aromatic N) is 1. The van der Waals surface area contributed by atoms with Gasteiger partial charge in [0.25, 0.3) is 0 Å². The van der Waals surface area contributed by atoms with Crippen molar-refractivity contribution in [3.63, 3.8) is 0 Å². The molecule has 0 radical (unpaired) electrons. The fourth-order valence-electron chi connectivity index (χ4n) is 3.21. The van der Waals surface area contributed by atoms with E-state index in [4.69, 9.17) is 5.73 Å². The molecule has 17 heavy (non-hydrogen) atoms. The Balaban J connectivity index is 1.71. The lowest BCUT2D eigenvalue weighted by Gasteiger charge is -2.40. The fourth-order valence-corrected chi connectivity index (χ4v) is 3.21. The number of benzene rings is 1. The predicted octanol–water partition coefficient (Wildman–Crippen LogP) is 2.39. The highest BCUT2D eigenvalue weighted by molar-refractivity contribution is 5.15. The topological polar surface area (TPSA) is 29.3 Å². The van der Waals surface area contributed by atoms with Gasteiger partial charge in [-0.1, -0.05) is 30.3 Å². The van der Waals surface area contributed by atoms with Gasteiger partial charge in [-0.15, -0.1) is 0 Å². The Morgan fingerprint density at radius 2 is 1.88 bits per heavy atom. The molecule has 92 valence electrons. The molecule has 1 saturated heterocycles. The summed E-state index contributed by atoms with van der Waals surface area (Å²) in [7, 11) is 0. The molecular formula is C15H22N2. The molecule has 1 heterocycles. The third-order valence-electron chi connectivity index (χ3n) is 4.18. The molecule has 2 aliphatic rings. The lowest BCUT2D eigenvalue weighted by atomic mass is 9.92. The molecule has 1 saturated carbocycles. The van der Waals surface area contributed by atoms with E-state index in [-0.39, 0.29) is 0 Å². The zero-order valence-electron chi connectivity index (χ0n) is 10.4. The summed E-state index contributed by atoms with van der Waals surface area (Å²) >= 11 is 0. The van der Waals surface area contributed by atoms with E-state index in [2.05, 4.69) is 35.2 Å². The molecule has 1 aromatic rings. The van der Waals surface area contributed by atoms with E-state index in [0.717, 1.165) is 12.5 Å². The van der Waals surface area contributed by atoms with Crippen molar-refractivity contribution in [2.75, 3.05) is 6.54 Å². The summed E-state index contributed by atoms with van der Waals surface area (Å²) in [6, 6.07) is 11.8. The van der Waals surface area contributed by atoms with Crippen molar-refractivity contribution in [2.24, 2.45) is 11.7 Å². The van der Waals surface area contributed by atoms with Crippen LogP contribution in [0.2, 0.25) is 0 Å². The molecule has 1 aromatic carbocycles. The summed E-state index contributed by atoms with van der Waals surface area (Å²) in [6.45, 7) is 2.31. The number of hydrogen-bond donors (Lipinski definition) is 1. The first-order valence-corrected chi connectivity index (χ1v) is 6.88. The molecule has 0 aromatic heterocycles. The highest BCUT2D eigenvalue weighted by Crippen LogP contribution is 2.39. The zero-order valence-corrected chi connectivity index (χ0v) is 10.4. The van der Waals surface area contributed by atoms with Gasteiger partial charge in [0.2, 0.25) is 0 Å². The van der Waals surface area contributed by atoms with E-state index in [1.165, 1.54) is 37.8 Å². The molecule has 0 bridgehead atoms. The van der Waals surface area contributed by atoms with E-state index in [1.807, 2.05) is 0 Å². The van der Waals surface area contributed by atoms with Crippen molar-refractivity contribution in [1.82, 2.24) is 4.90 Å². The zero-order chi connectivity index (χ0) is 11.7. The number of likely N-dealkylation sites (tertiary alicyclic amines) is 1.